The number of aromatic nitrogens is 2. The Kier molecular flexibility index (Phi) is 6.67. The lowest BCUT2D eigenvalue weighted by atomic mass is 10.2. The number of sulfonamides is 1. The smallest absolute Gasteiger partial charge is 0.246 e. The Bertz CT molecular complexity index is 1260. The first kappa shape index (κ1) is 22.1. The molecule has 0 radical (unpaired) electrons. The van der Waals surface area contributed by atoms with Crippen molar-refractivity contribution in [1.29, 1.82) is 5.26 Å². The van der Waals surface area contributed by atoms with Crippen molar-refractivity contribution in [2.45, 2.75) is 23.8 Å². The van der Waals surface area contributed by atoms with Crippen molar-refractivity contribution < 1.29 is 13.5 Å². The van der Waals surface area contributed by atoms with E-state index in [1.165, 1.54) is 34.3 Å². The van der Waals surface area contributed by atoms with Gasteiger partial charge >= 0.3 is 0 Å². The third-order valence-corrected chi connectivity index (χ3v) is 7.82. The van der Waals surface area contributed by atoms with Crippen molar-refractivity contribution >= 4 is 54.9 Å². The Morgan fingerprint density at radius 2 is 2.03 bits per heavy atom. The molecule has 0 aliphatic carbocycles. The number of benzene rings is 1. The Morgan fingerprint density at radius 3 is 2.67 bits per heavy atom. The van der Waals surface area contributed by atoms with Gasteiger partial charge in [-0.3, -0.25) is 0 Å². The molecule has 3 rings (SSSR count). The molecular weight excluding hydrogens is 444 g/mol. The second kappa shape index (κ2) is 9.05. The highest BCUT2D eigenvalue weighted by molar-refractivity contribution is 7.98. The monoisotopic (exact) mass is 462 g/mol. The number of thioether (sulfide) groups is 1. The summed E-state index contributed by atoms with van der Waals surface area (Å²) in [6.07, 6.45) is 3.42. The van der Waals surface area contributed by atoms with E-state index in [-0.39, 0.29) is 29.4 Å². The molecule has 0 saturated heterocycles. The van der Waals surface area contributed by atoms with Gasteiger partial charge in [0.05, 0.1) is 11.1 Å². The zero-order valence-corrected chi connectivity index (χ0v) is 18.8. The number of nitriles is 1. The Hall–Kier alpha value is -2.59. The number of pyridine rings is 1. The minimum atomic E-state index is -3.85. The van der Waals surface area contributed by atoms with Gasteiger partial charge in [0, 0.05) is 19.3 Å². The minimum Gasteiger partial charge on any atom is -0.507 e. The number of azo groups is 1. The second-order valence-corrected chi connectivity index (χ2v) is 9.40. The Balaban J connectivity index is 2.01. The fraction of sp³-hybridized carbons (Fsp3) is 0.278. The maximum absolute atomic E-state index is 12.8. The number of hydrogen-bond acceptors (Lipinski definition) is 10. The summed E-state index contributed by atoms with van der Waals surface area (Å²) in [5.74, 6) is -0.350. The summed E-state index contributed by atoms with van der Waals surface area (Å²) in [6, 6.07) is 6.14. The number of aromatic hydroxyl groups is 1. The van der Waals surface area contributed by atoms with Crippen LogP contribution in [0.15, 0.2) is 44.5 Å². The average Bonchev–Trinajstić information content (AvgIpc) is 3.16. The molecule has 0 amide bonds. The van der Waals surface area contributed by atoms with Gasteiger partial charge in [0.15, 0.2) is 5.00 Å². The molecule has 1 N–H and O–H groups in total. The van der Waals surface area contributed by atoms with Crippen LogP contribution in [-0.2, 0) is 10.0 Å². The summed E-state index contributed by atoms with van der Waals surface area (Å²) in [7, 11) is -3.85. The van der Waals surface area contributed by atoms with Gasteiger partial charge in [0.1, 0.15) is 32.8 Å². The first-order valence-electron chi connectivity index (χ1n) is 8.84. The van der Waals surface area contributed by atoms with Crippen LogP contribution >= 0.6 is 23.3 Å². The summed E-state index contributed by atoms with van der Waals surface area (Å²) in [5, 5.41) is 29.4. The van der Waals surface area contributed by atoms with Crippen LogP contribution in [0.2, 0.25) is 0 Å². The van der Waals surface area contributed by atoms with E-state index < -0.39 is 10.0 Å². The summed E-state index contributed by atoms with van der Waals surface area (Å²) >= 11 is 2.43. The fourth-order valence-electron chi connectivity index (χ4n) is 2.78. The van der Waals surface area contributed by atoms with Crippen LogP contribution in [0, 0.1) is 11.3 Å². The molecule has 0 aliphatic heterocycles. The summed E-state index contributed by atoms with van der Waals surface area (Å²) in [5.41, 5.74) is 1.15. The van der Waals surface area contributed by atoms with E-state index in [0.29, 0.717) is 26.5 Å². The van der Waals surface area contributed by atoms with Gasteiger partial charge in [-0.05, 0) is 36.0 Å². The SMILES string of the molecule is CCN(CC)S(=O)(=O)c1cc(N=Nc2snc3c(C#N)c(SC)ncc23)ccc1O. The molecule has 0 atom stereocenters. The van der Waals surface area contributed by atoms with E-state index in [1.54, 1.807) is 20.0 Å². The molecule has 0 bridgehead atoms. The van der Waals surface area contributed by atoms with E-state index in [2.05, 4.69) is 25.7 Å². The average molecular weight is 463 g/mol. The normalized spacial score (nSPS) is 12.1. The number of phenols is 1. The highest BCUT2D eigenvalue weighted by atomic mass is 32.2. The van der Waals surface area contributed by atoms with Gasteiger partial charge in [-0.25, -0.2) is 13.4 Å². The van der Waals surface area contributed by atoms with E-state index in [4.69, 9.17) is 0 Å². The molecule has 1 aromatic carbocycles. The predicted octanol–water partition coefficient (Wildman–Crippen LogP) is 4.44. The largest absolute Gasteiger partial charge is 0.507 e. The molecule has 0 saturated carbocycles. The second-order valence-electron chi connectivity index (χ2n) is 5.95. The molecule has 2 heterocycles. The third kappa shape index (κ3) is 4.01. The Morgan fingerprint density at radius 1 is 1.30 bits per heavy atom. The van der Waals surface area contributed by atoms with E-state index in [1.807, 2.05) is 6.26 Å². The molecule has 3 aromatic rings. The van der Waals surface area contributed by atoms with Crippen molar-refractivity contribution in [2.24, 2.45) is 10.2 Å². The third-order valence-electron chi connectivity index (χ3n) is 4.30. The lowest BCUT2D eigenvalue weighted by Gasteiger charge is -2.19. The van der Waals surface area contributed by atoms with Crippen LogP contribution < -0.4 is 0 Å². The van der Waals surface area contributed by atoms with Crippen molar-refractivity contribution in [1.82, 2.24) is 13.7 Å². The van der Waals surface area contributed by atoms with E-state index >= 15 is 0 Å². The molecule has 0 unspecified atom stereocenters. The van der Waals surface area contributed by atoms with Crippen LogP contribution in [-0.4, -0.2) is 46.5 Å². The quantitative estimate of drug-likeness (QED) is 0.405. The molecule has 0 aliphatic rings. The predicted molar refractivity (Wildman–Crippen MR) is 116 cm³/mol. The first-order chi connectivity index (χ1) is 14.4. The first-order valence-corrected chi connectivity index (χ1v) is 12.3. The molecule has 30 heavy (non-hydrogen) atoms. The molecule has 0 spiro atoms. The maximum atomic E-state index is 12.8. The summed E-state index contributed by atoms with van der Waals surface area (Å²) < 4.78 is 31.0. The molecule has 12 heteroatoms. The molecule has 0 fully saturated rings. The lowest BCUT2D eigenvalue weighted by Crippen LogP contribution is -2.30. The summed E-state index contributed by atoms with van der Waals surface area (Å²) in [6.45, 7) is 4.01. The zero-order chi connectivity index (χ0) is 21.9. The van der Waals surface area contributed by atoms with Crippen LogP contribution in [0.25, 0.3) is 10.9 Å². The topological polar surface area (TPSA) is 132 Å². The number of rotatable bonds is 7. The van der Waals surface area contributed by atoms with Gasteiger partial charge in [-0.15, -0.1) is 22.0 Å². The number of hydrogen-bond donors (Lipinski definition) is 1. The molecule has 2 aromatic heterocycles. The highest BCUT2D eigenvalue weighted by Crippen LogP contribution is 2.36. The number of fused-ring (bicyclic) bond motifs is 1. The van der Waals surface area contributed by atoms with Crippen LogP contribution in [0.4, 0.5) is 10.7 Å². The van der Waals surface area contributed by atoms with Crippen molar-refractivity contribution in [3.05, 3.63) is 30.0 Å². The van der Waals surface area contributed by atoms with Crippen LogP contribution in [0.5, 0.6) is 5.75 Å². The van der Waals surface area contributed by atoms with Gasteiger partial charge in [-0.2, -0.15) is 13.9 Å². The van der Waals surface area contributed by atoms with Crippen molar-refractivity contribution in [2.75, 3.05) is 19.3 Å². The highest BCUT2D eigenvalue weighted by Gasteiger charge is 2.25. The zero-order valence-electron chi connectivity index (χ0n) is 16.4. The van der Waals surface area contributed by atoms with Gasteiger partial charge in [-0.1, -0.05) is 13.8 Å². The summed E-state index contributed by atoms with van der Waals surface area (Å²) in [4.78, 5) is 4.04. The van der Waals surface area contributed by atoms with Crippen molar-refractivity contribution in [3.63, 3.8) is 0 Å². The molecule has 9 nitrogen and oxygen atoms in total. The van der Waals surface area contributed by atoms with Gasteiger partial charge in [0.25, 0.3) is 0 Å². The lowest BCUT2D eigenvalue weighted by molar-refractivity contribution is 0.429. The maximum Gasteiger partial charge on any atom is 0.246 e. The van der Waals surface area contributed by atoms with Crippen LogP contribution in [0.3, 0.4) is 0 Å². The molecule has 156 valence electrons. The van der Waals surface area contributed by atoms with E-state index in [9.17, 15) is 18.8 Å². The van der Waals surface area contributed by atoms with Crippen LogP contribution in [0.1, 0.15) is 19.4 Å². The molecular formula is C18H18N6O3S3. The van der Waals surface area contributed by atoms with Gasteiger partial charge < -0.3 is 5.11 Å². The number of phenolic OH excluding ortho intramolecular Hbond substituents is 1. The minimum absolute atomic E-state index is 0.227. The Labute approximate surface area is 182 Å². The van der Waals surface area contributed by atoms with E-state index in [0.717, 1.165) is 11.5 Å². The van der Waals surface area contributed by atoms with Gasteiger partial charge in [0.2, 0.25) is 10.0 Å². The standard InChI is InChI=1S/C18H18N6O3S3/c1-4-24(5-2)30(26,27)15-8-11(6-7-14(15)25)21-22-18-13-10-20-17(28-3)12(9-19)16(13)23-29-18/h6-8,10,25H,4-5H2,1-3H3. The fourth-order valence-corrected chi connectivity index (χ4v) is 5.54. The number of nitrogens with zero attached hydrogens (tertiary/aromatic N) is 6. The van der Waals surface area contributed by atoms with Crippen molar-refractivity contribution in [3.8, 4) is 11.8 Å².